The zero-order valence-corrected chi connectivity index (χ0v) is 12.0. The summed E-state index contributed by atoms with van der Waals surface area (Å²) in [6, 6.07) is 15.3. The van der Waals surface area contributed by atoms with Gasteiger partial charge in [-0.05, 0) is 37.1 Å². The Labute approximate surface area is 117 Å². The molecule has 2 heteroatoms. The summed E-state index contributed by atoms with van der Waals surface area (Å²) in [5.41, 5.74) is 3.63. The van der Waals surface area contributed by atoms with Gasteiger partial charge in [-0.15, -0.1) is 0 Å². The van der Waals surface area contributed by atoms with Crippen molar-refractivity contribution in [3.05, 3.63) is 65.2 Å². The average molecular weight is 257 g/mol. The first-order chi connectivity index (χ1) is 9.18. The van der Waals surface area contributed by atoms with Gasteiger partial charge in [0.05, 0.1) is 0 Å². The van der Waals surface area contributed by atoms with Crippen LogP contribution in [0.3, 0.4) is 0 Å². The predicted octanol–water partition coefficient (Wildman–Crippen LogP) is 4.83. The monoisotopic (exact) mass is 257 g/mol. The summed E-state index contributed by atoms with van der Waals surface area (Å²) in [5.74, 6) is -0.0580. The third-order valence-electron chi connectivity index (χ3n) is 2.78. The molecule has 0 bridgehead atoms. The Hall–Kier alpha value is -2.09. The number of aryl methyl sites for hydroxylation is 2. The van der Waals surface area contributed by atoms with Crippen LogP contribution < -0.4 is 5.32 Å². The molecule has 0 fully saturated rings. The van der Waals surface area contributed by atoms with Crippen molar-refractivity contribution in [1.29, 1.82) is 0 Å². The van der Waals surface area contributed by atoms with Crippen LogP contribution in [0.2, 0.25) is 0 Å². The van der Waals surface area contributed by atoms with Crippen molar-refractivity contribution >= 4 is 11.6 Å². The highest BCUT2D eigenvalue weighted by atomic mass is 16.1. The van der Waals surface area contributed by atoms with Crippen molar-refractivity contribution in [3.8, 4) is 0 Å². The van der Waals surface area contributed by atoms with Gasteiger partial charge in [0.2, 0.25) is 0 Å². The highest BCUT2D eigenvalue weighted by Crippen LogP contribution is 2.15. The first-order valence-electron chi connectivity index (χ1n) is 6.61. The van der Waals surface area contributed by atoms with Crippen molar-refractivity contribution in [2.75, 3.05) is 5.32 Å². The summed E-state index contributed by atoms with van der Waals surface area (Å²) in [7, 11) is 0. The van der Waals surface area contributed by atoms with Crippen molar-refractivity contribution in [2.24, 2.45) is 0 Å². The van der Waals surface area contributed by atoms with Crippen LogP contribution in [0.5, 0.6) is 0 Å². The van der Waals surface area contributed by atoms with Gasteiger partial charge in [-0.2, -0.15) is 0 Å². The van der Waals surface area contributed by atoms with Crippen molar-refractivity contribution < 1.29 is 6.22 Å². The Morgan fingerprint density at radius 1 is 0.895 bits per heavy atom. The van der Waals surface area contributed by atoms with Crippen LogP contribution in [-0.2, 0) is 0 Å². The first kappa shape index (κ1) is 15.0. The Morgan fingerprint density at radius 3 is 2.00 bits per heavy atom. The molecule has 0 saturated heterocycles. The molecule has 0 heterocycles. The fraction of sp³-hybridized carbons (Fsp3) is 0.235. The molecule has 0 aliphatic carbocycles. The minimum Gasteiger partial charge on any atom is -0.322 e. The van der Waals surface area contributed by atoms with Crippen LogP contribution in [0.25, 0.3) is 0 Å². The second-order valence-electron chi connectivity index (χ2n) is 4.08. The number of hydrogen-bond acceptors (Lipinski definition) is 1. The molecule has 0 radical (unpaired) electrons. The van der Waals surface area contributed by atoms with Gasteiger partial charge in [0.1, 0.15) is 0 Å². The molecule has 0 unspecified atom stereocenters. The number of para-hydroxylation sites is 1. The van der Waals surface area contributed by atoms with E-state index < -0.39 is 0 Å². The molecule has 0 aliphatic heterocycles. The molecular formula is C17H23NO. The summed E-state index contributed by atoms with van der Waals surface area (Å²) in [5, 5.41) is 2.93. The number of carbonyl (C=O) groups excluding carboxylic acids is 1. The quantitative estimate of drug-likeness (QED) is 0.820. The molecule has 0 atom stereocenters. The topological polar surface area (TPSA) is 29.1 Å². The molecule has 19 heavy (non-hydrogen) atoms. The van der Waals surface area contributed by atoms with Crippen LogP contribution in [0.1, 0.15) is 36.8 Å². The van der Waals surface area contributed by atoms with Crippen LogP contribution in [-0.4, -0.2) is 5.91 Å². The van der Waals surface area contributed by atoms with Crippen molar-refractivity contribution in [1.82, 2.24) is 0 Å². The number of rotatable bonds is 2. The second kappa shape index (κ2) is 7.37. The molecular weight excluding hydrogens is 234 g/mol. The summed E-state index contributed by atoms with van der Waals surface area (Å²) >= 11 is 0. The van der Waals surface area contributed by atoms with E-state index in [-0.39, 0.29) is 7.33 Å². The predicted molar refractivity (Wildman–Crippen MR) is 83.8 cm³/mol. The lowest BCUT2D eigenvalue weighted by molar-refractivity contribution is 0.102. The fourth-order valence-corrected chi connectivity index (χ4v) is 1.73. The van der Waals surface area contributed by atoms with Gasteiger partial charge < -0.3 is 5.32 Å². The van der Waals surface area contributed by atoms with Gasteiger partial charge in [-0.3, -0.25) is 4.79 Å². The molecule has 102 valence electrons. The van der Waals surface area contributed by atoms with Crippen molar-refractivity contribution in [2.45, 2.75) is 27.7 Å². The molecule has 0 spiro atoms. The summed E-state index contributed by atoms with van der Waals surface area (Å²) in [6.07, 6.45) is 0. The van der Waals surface area contributed by atoms with E-state index in [0.717, 1.165) is 22.4 Å². The van der Waals surface area contributed by atoms with Gasteiger partial charge in [-0.25, -0.2) is 0 Å². The van der Waals surface area contributed by atoms with Gasteiger partial charge >= 0.3 is 0 Å². The maximum Gasteiger partial charge on any atom is 0.255 e. The molecule has 1 N–H and O–H groups in total. The molecule has 1 amide bonds. The number of hydrogen-bond donors (Lipinski definition) is 1. The fourth-order valence-electron chi connectivity index (χ4n) is 1.73. The molecule has 0 aromatic heterocycles. The third-order valence-corrected chi connectivity index (χ3v) is 2.78. The zero-order valence-electron chi connectivity index (χ0n) is 12.0. The highest BCUT2D eigenvalue weighted by molar-refractivity contribution is 6.05. The number of benzene rings is 2. The van der Waals surface area contributed by atoms with Crippen molar-refractivity contribution in [3.63, 3.8) is 0 Å². The van der Waals surface area contributed by atoms with Crippen LogP contribution in [0, 0.1) is 13.8 Å². The standard InChI is InChI=1S/C15H15NO.C2H6.H2/c1-11-7-3-5-9-13(11)15(17)16-14-10-6-4-8-12(14)2;1-2;/h3-10H,1-2H3,(H,16,17);1-2H3;1H. The molecule has 2 nitrogen and oxygen atoms in total. The summed E-state index contributed by atoms with van der Waals surface area (Å²) in [6.45, 7) is 7.92. The average Bonchev–Trinajstić information content (AvgIpc) is 2.44. The highest BCUT2D eigenvalue weighted by Gasteiger charge is 2.08. The normalized spacial score (nSPS) is 9.26. The lowest BCUT2D eigenvalue weighted by atomic mass is 10.1. The van der Waals surface area contributed by atoms with Gasteiger partial charge in [-0.1, -0.05) is 50.2 Å². The smallest absolute Gasteiger partial charge is 0.255 e. The largest absolute Gasteiger partial charge is 0.322 e. The van der Waals surface area contributed by atoms with E-state index in [1.807, 2.05) is 76.2 Å². The maximum atomic E-state index is 12.1. The second-order valence-corrected chi connectivity index (χ2v) is 4.08. The molecule has 0 saturated carbocycles. The lowest BCUT2D eigenvalue weighted by Gasteiger charge is -2.09. The Bertz CT molecular complexity index is 552. The Balaban J connectivity index is 0.00000115. The molecule has 2 aromatic rings. The first-order valence-corrected chi connectivity index (χ1v) is 6.61. The van der Waals surface area contributed by atoms with Gasteiger partial charge in [0, 0.05) is 12.7 Å². The lowest BCUT2D eigenvalue weighted by Crippen LogP contribution is -2.13. The van der Waals surface area contributed by atoms with Gasteiger partial charge in [0.15, 0.2) is 0 Å². The van der Waals surface area contributed by atoms with Gasteiger partial charge in [0.25, 0.3) is 5.91 Å². The van der Waals surface area contributed by atoms with E-state index in [0.29, 0.717) is 0 Å². The van der Waals surface area contributed by atoms with E-state index in [2.05, 4.69) is 5.32 Å². The summed E-state index contributed by atoms with van der Waals surface area (Å²) in [4.78, 5) is 12.1. The third kappa shape index (κ3) is 3.95. The summed E-state index contributed by atoms with van der Waals surface area (Å²) < 4.78 is 0. The minimum absolute atomic E-state index is 0. The number of anilines is 1. The molecule has 0 aliphatic rings. The Morgan fingerprint density at radius 2 is 1.42 bits per heavy atom. The van der Waals surface area contributed by atoms with Crippen LogP contribution in [0.15, 0.2) is 48.5 Å². The van der Waals surface area contributed by atoms with E-state index in [1.54, 1.807) is 0 Å². The maximum absolute atomic E-state index is 12.1. The van der Waals surface area contributed by atoms with Crippen LogP contribution >= 0.6 is 0 Å². The van der Waals surface area contributed by atoms with E-state index in [4.69, 9.17) is 0 Å². The zero-order chi connectivity index (χ0) is 14.3. The molecule has 2 aromatic carbocycles. The van der Waals surface area contributed by atoms with E-state index in [9.17, 15) is 4.79 Å². The number of carbonyl (C=O) groups is 1. The van der Waals surface area contributed by atoms with Crippen LogP contribution in [0.4, 0.5) is 5.69 Å². The van der Waals surface area contributed by atoms with E-state index >= 15 is 0 Å². The number of amides is 1. The Kier molecular flexibility index (Phi) is 5.80. The number of nitrogens with one attached hydrogen (secondary N) is 1. The SMILES string of the molecule is CC.Cc1ccccc1NC(=O)c1ccccc1C.[HH]. The minimum atomic E-state index is -0.0580. The molecule has 2 rings (SSSR count). The van der Waals surface area contributed by atoms with E-state index in [1.165, 1.54) is 0 Å².